The Balaban J connectivity index is 1.43. The first-order valence-electron chi connectivity index (χ1n) is 9.29. The van der Waals surface area contributed by atoms with Gasteiger partial charge in [0.1, 0.15) is 17.3 Å². The zero-order chi connectivity index (χ0) is 21.8. The van der Waals surface area contributed by atoms with E-state index in [0.717, 1.165) is 0 Å². The molecule has 1 aromatic heterocycles. The SMILES string of the molecule is NC(=O)c1ccccc1Oc1ccc(NC(=O)c2ccn(-c3ccc(F)cc3)n2)cc1. The number of ether oxygens (including phenoxy) is 1. The maximum Gasteiger partial charge on any atom is 0.276 e. The van der Waals surface area contributed by atoms with E-state index in [0.29, 0.717) is 22.9 Å². The Morgan fingerprint density at radius 3 is 2.35 bits per heavy atom. The topological polar surface area (TPSA) is 99.2 Å². The van der Waals surface area contributed by atoms with Crippen LogP contribution in [-0.4, -0.2) is 21.6 Å². The van der Waals surface area contributed by atoms with Crippen LogP contribution in [0.1, 0.15) is 20.8 Å². The number of carbonyl (C=O) groups is 2. The molecule has 4 aromatic rings. The highest BCUT2D eigenvalue weighted by Crippen LogP contribution is 2.26. The van der Waals surface area contributed by atoms with Gasteiger partial charge in [0.2, 0.25) is 0 Å². The van der Waals surface area contributed by atoms with Crippen LogP contribution in [-0.2, 0) is 0 Å². The highest BCUT2D eigenvalue weighted by molar-refractivity contribution is 6.02. The lowest BCUT2D eigenvalue weighted by atomic mass is 10.2. The number of halogens is 1. The maximum atomic E-state index is 13.1. The third-order valence-corrected chi connectivity index (χ3v) is 4.41. The van der Waals surface area contributed by atoms with Crippen molar-refractivity contribution in [2.24, 2.45) is 5.73 Å². The number of para-hydroxylation sites is 1. The van der Waals surface area contributed by atoms with Crippen LogP contribution in [0.2, 0.25) is 0 Å². The Kier molecular flexibility index (Phi) is 5.44. The van der Waals surface area contributed by atoms with Crippen LogP contribution in [0.4, 0.5) is 10.1 Å². The average Bonchev–Trinajstić information content (AvgIpc) is 3.26. The zero-order valence-electron chi connectivity index (χ0n) is 16.2. The van der Waals surface area contributed by atoms with Crippen LogP contribution in [0.5, 0.6) is 11.5 Å². The number of nitrogens with zero attached hydrogens (tertiary/aromatic N) is 2. The molecule has 0 aliphatic rings. The number of hydrogen-bond donors (Lipinski definition) is 2. The number of rotatable bonds is 6. The first-order chi connectivity index (χ1) is 15.0. The lowest BCUT2D eigenvalue weighted by Crippen LogP contribution is -2.13. The highest BCUT2D eigenvalue weighted by Gasteiger charge is 2.12. The van der Waals surface area contributed by atoms with Gasteiger partial charge in [-0.25, -0.2) is 9.07 Å². The molecule has 0 fully saturated rings. The molecule has 3 aromatic carbocycles. The zero-order valence-corrected chi connectivity index (χ0v) is 16.2. The smallest absolute Gasteiger partial charge is 0.276 e. The fourth-order valence-corrected chi connectivity index (χ4v) is 2.87. The maximum absolute atomic E-state index is 13.1. The number of primary amides is 1. The third-order valence-electron chi connectivity index (χ3n) is 4.41. The van der Waals surface area contributed by atoms with E-state index in [-0.39, 0.29) is 17.1 Å². The predicted octanol–water partition coefficient (Wildman–Crippen LogP) is 4.15. The van der Waals surface area contributed by atoms with Gasteiger partial charge in [-0.1, -0.05) is 12.1 Å². The number of benzene rings is 3. The molecule has 8 heteroatoms. The third kappa shape index (κ3) is 4.59. The van der Waals surface area contributed by atoms with E-state index in [9.17, 15) is 14.0 Å². The van der Waals surface area contributed by atoms with E-state index in [1.165, 1.54) is 16.8 Å². The molecule has 0 spiro atoms. The van der Waals surface area contributed by atoms with E-state index < -0.39 is 11.8 Å². The molecule has 0 unspecified atom stereocenters. The van der Waals surface area contributed by atoms with Crippen molar-refractivity contribution < 1.29 is 18.7 Å². The summed E-state index contributed by atoms with van der Waals surface area (Å²) >= 11 is 0. The van der Waals surface area contributed by atoms with Gasteiger partial charge in [0.05, 0.1) is 11.3 Å². The van der Waals surface area contributed by atoms with Crippen molar-refractivity contribution in [3.8, 4) is 17.2 Å². The quantitative estimate of drug-likeness (QED) is 0.493. The second-order valence-corrected chi connectivity index (χ2v) is 6.56. The second-order valence-electron chi connectivity index (χ2n) is 6.56. The Bertz CT molecular complexity index is 1230. The number of nitrogens with one attached hydrogen (secondary N) is 1. The number of nitrogens with two attached hydrogens (primary N) is 1. The molecule has 2 amide bonds. The van der Waals surface area contributed by atoms with E-state index in [4.69, 9.17) is 10.5 Å². The van der Waals surface area contributed by atoms with Crippen molar-refractivity contribution in [3.05, 3.63) is 102 Å². The van der Waals surface area contributed by atoms with Gasteiger partial charge in [0.25, 0.3) is 11.8 Å². The Morgan fingerprint density at radius 2 is 1.65 bits per heavy atom. The minimum atomic E-state index is -0.584. The van der Waals surface area contributed by atoms with Gasteiger partial charge < -0.3 is 15.8 Å². The molecule has 0 saturated carbocycles. The summed E-state index contributed by atoms with van der Waals surface area (Å²) in [6, 6.07) is 20.7. The first-order valence-corrected chi connectivity index (χ1v) is 9.29. The number of amides is 2. The minimum Gasteiger partial charge on any atom is -0.457 e. The molecular weight excluding hydrogens is 399 g/mol. The summed E-state index contributed by atoms with van der Waals surface area (Å²) in [6.07, 6.45) is 1.62. The standard InChI is InChI=1S/C23H17FN4O3/c24-15-5-9-17(10-6-15)28-14-13-20(27-28)23(30)26-16-7-11-18(12-8-16)31-21-4-2-1-3-19(21)22(25)29/h1-14H,(H2,25,29)(H,26,30). The predicted molar refractivity (Wildman–Crippen MR) is 113 cm³/mol. The molecule has 154 valence electrons. The van der Waals surface area contributed by atoms with Crippen molar-refractivity contribution in [2.75, 3.05) is 5.32 Å². The summed E-state index contributed by atoms with van der Waals surface area (Å²) in [7, 11) is 0. The largest absolute Gasteiger partial charge is 0.457 e. The molecule has 1 heterocycles. The van der Waals surface area contributed by atoms with Gasteiger partial charge in [0.15, 0.2) is 5.69 Å². The summed E-state index contributed by atoms with van der Waals surface area (Å²) in [4.78, 5) is 24.0. The Hall–Kier alpha value is -4.46. The summed E-state index contributed by atoms with van der Waals surface area (Å²) in [5, 5.41) is 6.97. The Labute approximate surface area is 176 Å². The number of hydrogen-bond acceptors (Lipinski definition) is 4. The van der Waals surface area contributed by atoms with Crippen LogP contribution in [0.25, 0.3) is 5.69 Å². The van der Waals surface area contributed by atoms with Gasteiger partial charge in [-0.3, -0.25) is 9.59 Å². The van der Waals surface area contributed by atoms with Gasteiger partial charge in [-0.05, 0) is 66.7 Å². The molecule has 4 rings (SSSR count). The molecule has 0 saturated heterocycles. The minimum absolute atomic E-state index is 0.208. The fraction of sp³-hybridized carbons (Fsp3) is 0. The lowest BCUT2D eigenvalue weighted by molar-refractivity contribution is 0.0995. The normalized spacial score (nSPS) is 10.5. The van der Waals surface area contributed by atoms with Crippen LogP contribution >= 0.6 is 0 Å². The van der Waals surface area contributed by atoms with Crippen LogP contribution < -0.4 is 15.8 Å². The summed E-state index contributed by atoms with van der Waals surface area (Å²) in [5.74, 6) is -0.502. The van der Waals surface area contributed by atoms with Crippen LogP contribution in [0, 0.1) is 5.82 Å². The average molecular weight is 416 g/mol. The van der Waals surface area contributed by atoms with Crippen molar-refractivity contribution in [2.45, 2.75) is 0 Å². The molecule has 31 heavy (non-hydrogen) atoms. The van der Waals surface area contributed by atoms with Gasteiger partial charge in [-0.2, -0.15) is 5.10 Å². The van der Waals surface area contributed by atoms with E-state index >= 15 is 0 Å². The molecule has 0 aliphatic carbocycles. The molecule has 0 aliphatic heterocycles. The monoisotopic (exact) mass is 416 g/mol. The van der Waals surface area contributed by atoms with Gasteiger partial charge in [-0.15, -0.1) is 0 Å². The number of aromatic nitrogens is 2. The second kappa shape index (κ2) is 8.50. The molecule has 3 N–H and O–H groups in total. The first kappa shape index (κ1) is 19.8. The van der Waals surface area contributed by atoms with E-state index in [1.54, 1.807) is 72.9 Å². The van der Waals surface area contributed by atoms with E-state index in [2.05, 4.69) is 10.4 Å². The fourth-order valence-electron chi connectivity index (χ4n) is 2.87. The molecule has 0 bridgehead atoms. The highest BCUT2D eigenvalue weighted by atomic mass is 19.1. The lowest BCUT2D eigenvalue weighted by Gasteiger charge is -2.10. The summed E-state index contributed by atoms with van der Waals surface area (Å²) in [5.41, 5.74) is 7.02. The Morgan fingerprint density at radius 1 is 0.935 bits per heavy atom. The van der Waals surface area contributed by atoms with Crippen LogP contribution in [0.3, 0.4) is 0 Å². The molecular formula is C23H17FN4O3. The summed E-state index contributed by atoms with van der Waals surface area (Å²) < 4.78 is 20.3. The molecule has 0 atom stereocenters. The van der Waals surface area contributed by atoms with Gasteiger partial charge in [0, 0.05) is 11.9 Å². The van der Waals surface area contributed by atoms with E-state index in [1.807, 2.05) is 0 Å². The van der Waals surface area contributed by atoms with Crippen molar-refractivity contribution in [3.63, 3.8) is 0 Å². The molecule has 0 radical (unpaired) electrons. The van der Waals surface area contributed by atoms with Gasteiger partial charge >= 0.3 is 0 Å². The van der Waals surface area contributed by atoms with Crippen molar-refractivity contribution >= 4 is 17.5 Å². The van der Waals surface area contributed by atoms with Crippen molar-refractivity contribution in [1.82, 2.24) is 9.78 Å². The molecule has 7 nitrogen and oxygen atoms in total. The summed E-state index contributed by atoms with van der Waals surface area (Å²) in [6.45, 7) is 0. The number of carbonyl (C=O) groups excluding carboxylic acids is 2. The number of anilines is 1. The van der Waals surface area contributed by atoms with Crippen molar-refractivity contribution in [1.29, 1.82) is 0 Å². The van der Waals surface area contributed by atoms with Crippen LogP contribution in [0.15, 0.2) is 85.1 Å².